The van der Waals surface area contributed by atoms with Crippen LogP contribution in [0.4, 0.5) is 26.3 Å². The molecule has 2 aromatic carbocycles. The zero-order valence-electron chi connectivity index (χ0n) is 23.7. The van der Waals surface area contributed by atoms with Crippen LogP contribution >= 0.6 is 0 Å². The van der Waals surface area contributed by atoms with Crippen molar-refractivity contribution in [2.24, 2.45) is 0 Å². The fourth-order valence-corrected chi connectivity index (χ4v) is 5.40. The Morgan fingerprint density at radius 3 is 1.90 bits per heavy atom. The van der Waals surface area contributed by atoms with Gasteiger partial charge in [0.15, 0.2) is 5.79 Å². The minimum Gasteiger partial charge on any atom is -0.491 e. The molecule has 1 aliphatic heterocycles. The van der Waals surface area contributed by atoms with Gasteiger partial charge in [-0.15, -0.1) is 0 Å². The van der Waals surface area contributed by atoms with Crippen LogP contribution in [0, 0.1) is 13.8 Å². The number of benzene rings is 2. The van der Waals surface area contributed by atoms with E-state index in [1.54, 1.807) is 19.1 Å². The van der Waals surface area contributed by atoms with Gasteiger partial charge in [0, 0.05) is 5.41 Å². The quantitative estimate of drug-likeness (QED) is 0.294. The largest absolute Gasteiger partial charge is 0.491 e. The first-order valence-corrected chi connectivity index (χ1v) is 13.4. The second-order valence-electron chi connectivity index (χ2n) is 11.0. The summed E-state index contributed by atoms with van der Waals surface area (Å²) in [5.74, 6) is 0.0758. The van der Waals surface area contributed by atoms with Crippen LogP contribution in [0.15, 0.2) is 36.4 Å². The lowest BCUT2D eigenvalue weighted by atomic mass is 9.69. The Balaban J connectivity index is 1.83. The van der Waals surface area contributed by atoms with Crippen molar-refractivity contribution in [2.75, 3.05) is 13.2 Å². The molecule has 1 heterocycles. The van der Waals surface area contributed by atoms with Crippen molar-refractivity contribution >= 4 is 0 Å². The van der Waals surface area contributed by atoms with Gasteiger partial charge in [-0.1, -0.05) is 44.2 Å². The normalized spacial score (nSPS) is 18.3. The number of ether oxygens (including phenoxy) is 3. The van der Waals surface area contributed by atoms with Crippen molar-refractivity contribution < 1.29 is 45.7 Å². The van der Waals surface area contributed by atoms with E-state index in [9.17, 15) is 31.4 Å². The molecule has 224 valence electrons. The van der Waals surface area contributed by atoms with E-state index in [1.165, 1.54) is 0 Å². The molecule has 1 atom stereocenters. The Labute approximate surface area is 231 Å². The van der Waals surface area contributed by atoms with Crippen molar-refractivity contribution in [3.8, 4) is 5.75 Å². The van der Waals surface area contributed by atoms with Crippen LogP contribution in [-0.4, -0.2) is 48.2 Å². The molecule has 4 nitrogen and oxygen atoms in total. The topological polar surface area (TPSA) is 47.9 Å². The maximum Gasteiger partial charge on any atom is 0.426 e. The summed E-state index contributed by atoms with van der Waals surface area (Å²) >= 11 is 0. The van der Waals surface area contributed by atoms with Crippen LogP contribution in [0.5, 0.6) is 5.75 Å². The van der Waals surface area contributed by atoms with Crippen molar-refractivity contribution in [2.45, 2.75) is 102 Å². The van der Waals surface area contributed by atoms with E-state index in [4.69, 9.17) is 14.2 Å². The smallest absolute Gasteiger partial charge is 0.426 e. The average molecular weight is 577 g/mol. The fourth-order valence-electron chi connectivity index (χ4n) is 5.40. The highest BCUT2D eigenvalue weighted by molar-refractivity contribution is 5.47. The second kappa shape index (κ2) is 11.5. The lowest BCUT2D eigenvalue weighted by Crippen LogP contribution is -2.57. The summed E-state index contributed by atoms with van der Waals surface area (Å²) in [6, 6.07) is 11.1. The number of hydrogen-bond donors (Lipinski definition) is 1. The van der Waals surface area contributed by atoms with E-state index in [2.05, 4.69) is 0 Å². The van der Waals surface area contributed by atoms with Crippen LogP contribution < -0.4 is 4.74 Å². The highest BCUT2D eigenvalue weighted by Gasteiger charge is 2.69. The van der Waals surface area contributed by atoms with Crippen molar-refractivity contribution in [1.82, 2.24) is 0 Å². The maximum absolute atomic E-state index is 13.1. The van der Waals surface area contributed by atoms with E-state index in [0.717, 1.165) is 16.7 Å². The Bertz CT molecular complexity index is 1150. The van der Waals surface area contributed by atoms with Gasteiger partial charge in [0.05, 0.1) is 6.61 Å². The molecule has 0 amide bonds. The lowest BCUT2D eigenvalue weighted by Gasteiger charge is -2.35. The zero-order chi connectivity index (χ0) is 30.1. The summed E-state index contributed by atoms with van der Waals surface area (Å²) in [6.07, 6.45) is -12.5. The maximum atomic E-state index is 13.1. The molecule has 3 rings (SSSR count). The third-order valence-electron chi connectivity index (χ3n) is 8.02. The molecule has 0 aromatic heterocycles. The van der Waals surface area contributed by atoms with Gasteiger partial charge in [0.1, 0.15) is 18.5 Å². The molecular formula is C30H38F6O4. The molecule has 1 aliphatic rings. The molecule has 0 radical (unpaired) electrons. The van der Waals surface area contributed by atoms with Crippen LogP contribution in [0.2, 0.25) is 0 Å². The SMILES string of the molecule is CCC(CC)(c1ccc(CCC(O)(C(F)(F)F)C(F)(F)F)c(C)c1)c1ccc(OCC2COC(C)(C)O2)c(C)c1. The molecule has 1 N–H and O–H groups in total. The molecule has 40 heavy (non-hydrogen) atoms. The Kier molecular flexibility index (Phi) is 9.28. The first-order valence-electron chi connectivity index (χ1n) is 13.4. The molecular weight excluding hydrogens is 538 g/mol. The number of halogens is 6. The van der Waals surface area contributed by atoms with E-state index < -0.39 is 42.0 Å². The second-order valence-corrected chi connectivity index (χ2v) is 11.0. The van der Waals surface area contributed by atoms with Gasteiger partial charge in [0.2, 0.25) is 0 Å². The summed E-state index contributed by atoms with van der Waals surface area (Å²) in [5, 5.41) is 9.54. The van der Waals surface area contributed by atoms with Crippen molar-refractivity contribution in [1.29, 1.82) is 0 Å². The summed E-state index contributed by atoms with van der Waals surface area (Å²) in [6.45, 7) is 12.2. The van der Waals surface area contributed by atoms with Gasteiger partial charge in [-0.3, -0.25) is 0 Å². The summed E-state index contributed by atoms with van der Waals surface area (Å²) in [5.41, 5.74) is -1.46. The van der Waals surface area contributed by atoms with Crippen LogP contribution in [0.1, 0.15) is 74.8 Å². The minimum atomic E-state index is -5.83. The molecule has 0 bridgehead atoms. The third-order valence-corrected chi connectivity index (χ3v) is 8.02. The predicted octanol–water partition coefficient (Wildman–Crippen LogP) is 7.73. The number of aryl methyl sites for hydroxylation is 3. The van der Waals surface area contributed by atoms with Crippen LogP contribution in [0.3, 0.4) is 0 Å². The summed E-state index contributed by atoms with van der Waals surface area (Å²) in [4.78, 5) is 0. The van der Waals surface area contributed by atoms with Crippen LogP contribution in [0.25, 0.3) is 0 Å². The molecule has 0 saturated carbocycles. The zero-order valence-corrected chi connectivity index (χ0v) is 23.7. The number of alkyl halides is 6. The molecule has 1 fully saturated rings. The van der Waals surface area contributed by atoms with E-state index in [0.29, 0.717) is 42.9 Å². The van der Waals surface area contributed by atoms with Gasteiger partial charge >= 0.3 is 12.4 Å². The molecule has 10 heteroatoms. The molecule has 0 aliphatic carbocycles. The van der Waals surface area contributed by atoms with E-state index in [-0.39, 0.29) is 6.10 Å². The standard InChI is InChI=1S/C30H38F6O4/c1-7-27(8-2,23-11-12-25(20(4)16-23)38-17-24-18-39-26(5,6)40-24)22-10-9-21(19(3)15-22)13-14-28(37,29(31,32)33)30(34,35)36/h9-12,15-16,24,37H,7-8,13-14,17-18H2,1-6H3. The van der Waals surface area contributed by atoms with E-state index in [1.807, 2.05) is 58.9 Å². The molecule has 0 spiro atoms. The summed E-state index contributed by atoms with van der Waals surface area (Å²) in [7, 11) is 0. The van der Waals surface area contributed by atoms with Gasteiger partial charge in [-0.05, 0) is 87.3 Å². The monoisotopic (exact) mass is 576 g/mol. The Morgan fingerprint density at radius 1 is 0.900 bits per heavy atom. The van der Waals surface area contributed by atoms with E-state index >= 15 is 0 Å². The first-order chi connectivity index (χ1) is 18.4. The number of rotatable bonds is 10. The van der Waals surface area contributed by atoms with Gasteiger partial charge < -0.3 is 19.3 Å². The van der Waals surface area contributed by atoms with Crippen molar-refractivity contribution in [3.05, 3.63) is 64.2 Å². The summed E-state index contributed by atoms with van der Waals surface area (Å²) < 4.78 is 96.2. The van der Waals surface area contributed by atoms with Gasteiger partial charge in [-0.2, -0.15) is 26.3 Å². The number of hydrogen-bond acceptors (Lipinski definition) is 4. The lowest BCUT2D eigenvalue weighted by molar-refractivity contribution is -0.369. The molecule has 2 aromatic rings. The van der Waals surface area contributed by atoms with Gasteiger partial charge in [-0.25, -0.2) is 0 Å². The molecule has 1 saturated heterocycles. The van der Waals surface area contributed by atoms with Gasteiger partial charge in [0.25, 0.3) is 5.60 Å². The predicted molar refractivity (Wildman–Crippen MR) is 139 cm³/mol. The Hall–Kier alpha value is -2.30. The molecule has 1 unspecified atom stereocenters. The number of aliphatic hydroxyl groups is 1. The minimum absolute atomic E-state index is 0.177. The highest BCUT2D eigenvalue weighted by Crippen LogP contribution is 2.46. The third kappa shape index (κ3) is 6.44. The Morgan fingerprint density at radius 2 is 1.45 bits per heavy atom. The van der Waals surface area contributed by atoms with Crippen molar-refractivity contribution in [3.63, 3.8) is 0 Å². The average Bonchev–Trinajstić information content (AvgIpc) is 3.20. The fraction of sp³-hybridized carbons (Fsp3) is 0.600. The van der Waals surface area contributed by atoms with Crippen LogP contribution in [-0.2, 0) is 21.3 Å². The first kappa shape index (κ1) is 32.2. The highest BCUT2D eigenvalue weighted by atomic mass is 19.4.